The van der Waals surface area contributed by atoms with E-state index in [9.17, 15) is 13.9 Å². The lowest BCUT2D eigenvalue weighted by Crippen LogP contribution is -1.96. The Balaban J connectivity index is 2.25. The molecular weight excluding hydrogens is 332 g/mol. The van der Waals surface area contributed by atoms with Crippen LogP contribution in [0.2, 0.25) is 0 Å². The van der Waals surface area contributed by atoms with Crippen LogP contribution in [0.1, 0.15) is 5.56 Å². The van der Waals surface area contributed by atoms with Gasteiger partial charge >= 0.3 is 0 Å². The molecule has 0 spiro atoms. The van der Waals surface area contributed by atoms with Crippen molar-refractivity contribution in [2.45, 2.75) is 6.61 Å². The fourth-order valence-corrected chi connectivity index (χ4v) is 2.62. The maximum absolute atomic E-state index is 14.1. The molecule has 25 heavy (non-hydrogen) atoms. The van der Waals surface area contributed by atoms with Crippen LogP contribution in [0.15, 0.2) is 40.9 Å². The van der Waals surface area contributed by atoms with Crippen molar-refractivity contribution < 1.29 is 27.9 Å². The Hall–Kier alpha value is -2.93. The zero-order valence-corrected chi connectivity index (χ0v) is 13.5. The van der Waals surface area contributed by atoms with Gasteiger partial charge < -0.3 is 19.1 Å². The molecule has 7 heteroatoms. The maximum Gasteiger partial charge on any atom is 0.176 e. The van der Waals surface area contributed by atoms with E-state index in [1.807, 2.05) is 0 Å². The first-order valence-electron chi connectivity index (χ1n) is 7.36. The van der Waals surface area contributed by atoms with E-state index in [0.29, 0.717) is 17.1 Å². The molecule has 0 aliphatic carbocycles. The number of ether oxygens (including phenoxy) is 2. The minimum absolute atomic E-state index is 0.0533. The summed E-state index contributed by atoms with van der Waals surface area (Å²) in [7, 11) is 2.95. The summed E-state index contributed by atoms with van der Waals surface area (Å²) >= 11 is 0. The van der Waals surface area contributed by atoms with Crippen LogP contribution in [0, 0.1) is 11.6 Å². The largest absolute Gasteiger partial charge is 0.496 e. The Bertz CT molecular complexity index is 886. The monoisotopic (exact) mass is 347 g/mol. The van der Waals surface area contributed by atoms with Crippen molar-refractivity contribution in [1.82, 2.24) is 5.16 Å². The minimum Gasteiger partial charge on any atom is -0.496 e. The van der Waals surface area contributed by atoms with Crippen molar-refractivity contribution in [1.29, 1.82) is 0 Å². The van der Waals surface area contributed by atoms with Gasteiger partial charge in [0.15, 0.2) is 5.76 Å². The summed E-state index contributed by atoms with van der Waals surface area (Å²) in [5.74, 6) is -0.497. The second-order valence-electron chi connectivity index (χ2n) is 5.16. The number of aromatic nitrogens is 1. The first-order chi connectivity index (χ1) is 12.1. The van der Waals surface area contributed by atoms with E-state index in [0.717, 1.165) is 18.2 Å². The summed E-state index contributed by atoms with van der Waals surface area (Å²) in [5, 5.41) is 13.7. The summed E-state index contributed by atoms with van der Waals surface area (Å²) in [6, 6.07) is 8.08. The van der Waals surface area contributed by atoms with Crippen molar-refractivity contribution >= 4 is 0 Å². The molecule has 1 aromatic heterocycles. The summed E-state index contributed by atoms with van der Waals surface area (Å²) < 4.78 is 43.5. The maximum atomic E-state index is 14.1. The van der Waals surface area contributed by atoms with Crippen molar-refractivity contribution in [3.05, 3.63) is 53.6 Å². The van der Waals surface area contributed by atoms with Gasteiger partial charge in [0.05, 0.1) is 37.5 Å². The van der Waals surface area contributed by atoms with E-state index < -0.39 is 18.2 Å². The second-order valence-corrected chi connectivity index (χ2v) is 5.16. The molecule has 3 rings (SSSR count). The average molecular weight is 347 g/mol. The highest BCUT2D eigenvalue weighted by atomic mass is 19.1. The zero-order valence-electron chi connectivity index (χ0n) is 13.5. The molecule has 5 nitrogen and oxygen atoms in total. The number of benzene rings is 2. The van der Waals surface area contributed by atoms with Crippen LogP contribution >= 0.6 is 0 Å². The molecule has 2 aromatic carbocycles. The Morgan fingerprint density at radius 3 is 2.36 bits per heavy atom. The van der Waals surface area contributed by atoms with E-state index >= 15 is 0 Å². The first-order valence-corrected chi connectivity index (χ1v) is 7.36. The molecule has 0 amide bonds. The van der Waals surface area contributed by atoms with Crippen molar-refractivity contribution in [3.63, 3.8) is 0 Å². The van der Waals surface area contributed by atoms with Crippen LogP contribution in [0.4, 0.5) is 8.78 Å². The number of hydrogen-bond donors (Lipinski definition) is 1. The Kier molecular flexibility index (Phi) is 4.67. The van der Waals surface area contributed by atoms with Gasteiger partial charge in [-0.25, -0.2) is 8.78 Å². The topological polar surface area (TPSA) is 64.7 Å². The highest BCUT2D eigenvalue weighted by Crippen LogP contribution is 2.42. The molecular formula is C18H15F2NO4. The average Bonchev–Trinajstić information content (AvgIpc) is 3.06. The van der Waals surface area contributed by atoms with Crippen LogP contribution in [0.5, 0.6) is 11.5 Å². The number of nitrogens with zero attached hydrogens (tertiary/aromatic N) is 1. The highest BCUT2D eigenvalue weighted by Gasteiger charge is 2.25. The predicted molar refractivity (Wildman–Crippen MR) is 86.3 cm³/mol. The van der Waals surface area contributed by atoms with Gasteiger partial charge in [0.2, 0.25) is 0 Å². The molecule has 0 saturated heterocycles. The predicted octanol–water partition coefficient (Wildman–Crippen LogP) is 3.80. The number of aliphatic hydroxyl groups is 1. The molecule has 0 aliphatic heterocycles. The summed E-state index contributed by atoms with van der Waals surface area (Å²) in [6.45, 7) is -0.495. The summed E-state index contributed by atoms with van der Waals surface area (Å²) in [5.41, 5.74) is 0.753. The van der Waals surface area contributed by atoms with Gasteiger partial charge in [-0.05, 0) is 30.3 Å². The van der Waals surface area contributed by atoms with E-state index in [-0.39, 0.29) is 22.6 Å². The fraction of sp³-hybridized carbons (Fsp3) is 0.167. The minimum atomic E-state index is -0.689. The molecule has 0 fully saturated rings. The lowest BCUT2D eigenvalue weighted by atomic mass is 10.0. The Morgan fingerprint density at radius 2 is 1.76 bits per heavy atom. The molecule has 3 aromatic rings. The number of rotatable bonds is 5. The van der Waals surface area contributed by atoms with Gasteiger partial charge in [0.25, 0.3) is 0 Å². The smallest absolute Gasteiger partial charge is 0.176 e. The van der Waals surface area contributed by atoms with Crippen LogP contribution < -0.4 is 9.47 Å². The van der Waals surface area contributed by atoms with Gasteiger partial charge in [-0.1, -0.05) is 11.2 Å². The molecule has 0 radical (unpaired) electrons. The third kappa shape index (κ3) is 2.94. The van der Waals surface area contributed by atoms with Crippen LogP contribution in [-0.2, 0) is 6.61 Å². The van der Waals surface area contributed by atoms with Gasteiger partial charge in [-0.3, -0.25) is 0 Å². The molecule has 1 N–H and O–H groups in total. The van der Waals surface area contributed by atoms with E-state index in [1.54, 1.807) is 18.2 Å². The lowest BCUT2D eigenvalue weighted by Gasteiger charge is -2.11. The lowest BCUT2D eigenvalue weighted by molar-refractivity contribution is 0.281. The van der Waals surface area contributed by atoms with Gasteiger partial charge in [0.1, 0.15) is 28.8 Å². The molecule has 1 heterocycles. The molecule has 130 valence electrons. The summed E-state index contributed by atoms with van der Waals surface area (Å²) in [6.07, 6.45) is 0. The zero-order chi connectivity index (χ0) is 18.0. The highest BCUT2D eigenvalue weighted by molar-refractivity contribution is 5.80. The van der Waals surface area contributed by atoms with Gasteiger partial charge in [-0.15, -0.1) is 0 Å². The van der Waals surface area contributed by atoms with Crippen molar-refractivity contribution in [2.75, 3.05) is 14.2 Å². The normalized spacial score (nSPS) is 10.8. The van der Waals surface area contributed by atoms with E-state index in [2.05, 4.69) is 5.16 Å². The number of methoxy groups -OCH3 is 2. The first kappa shape index (κ1) is 16.9. The van der Waals surface area contributed by atoms with Crippen LogP contribution in [0.3, 0.4) is 0 Å². The SMILES string of the molecule is COc1cccc(OC)c1-c1noc(-c2cc(F)ccc2F)c1CO. The molecule has 0 saturated carbocycles. The van der Waals surface area contributed by atoms with Gasteiger partial charge in [0, 0.05) is 0 Å². The standard InChI is InChI=1S/C18H15F2NO4/c1-23-14-4-3-5-15(24-2)16(14)17-12(9-22)18(25-21-17)11-8-10(19)6-7-13(11)20/h3-8,22H,9H2,1-2H3. The molecule has 0 aliphatic rings. The quantitative estimate of drug-likeness (QED) is 0.761. The third-order valence-electron chi connectivity index (χ3n) is 3.78. The third-order valence-corrected chi connectivity index (χ3v) is 3.78. The van der Waals surface area contributed by atoms with Crippen molar-refractivity contribution in [2.24, 2.45) is 0 Å². The molecule has 0 unspecified atom stereocenters. The Morgan fingerprint density at radius 1 is 1.08 bits per heavy atom. The number of halogens is 2. The van der Waals surface area contributed by atoms with E-state index in [4.69, 9.17) is 14.0 Å². The second kappa shape index (κ2) is 6.90. The Labute approximate surface area is 142 Å². The molecule has 0 bridgehead atoms. The molecule has 0 atom stereocenters. The number of aliphatic hydroxyl groups excluding tert-OH is 1. The van der Waals surface area contributed by atoms with Crippen molar-refractivity contribution in [3.8, 4) is 34.1 Å². The van der Waals surface area contributed by atoms with E-state index in [1.165, 1.54) is 14.2 Å². The summed E-state index contributed by atoms with van der Waals surface area (Å²) in [4.78, 5) is 0. The number of hydrogen-bond acceptors (Lipinski definition) is 5. The van der Waals surface area contributed by atoms with Crippen LogP contribution in [0.25, 0.3) is 22.6 Å². The van der Waals surface area contributed by atoms with Crippen LogP contribution in [-0.4, -0.2) is 24.5 Å². The van der Waals surface area contributed by atoms with Gasteiger partial charge in [-0.2, -0.15) is 0 Å². The fourth-order valence-electron chi connectivity index (χ4n) is 2.62.